The van der Waals surface area contributed by atoms with Crippen LogP contribution in [0.3, 0.4) is 0 Å². The standard InChI is InChI=1S/C5H10BO2P/c1-3-4(8-9)2-5(6)7-3/h3-5H,2,9H2,1H3. The van der Waals surface area contributed by atoms with Crippen molar-refractivity contribution in [1.82, 2.24) is 0 Å². The first kappa shape index (κ1) is 7.52. The summed E-state index contributed by atoms with van der Waals surface area (Å²) < 4.78 is 10.2. The zero-order chi connectivity index (χ0) is 6.85. The van der Waals surface area contributed by atoms with E-state index in [9.17, 15) is 0 Å². The SMILES string of the molecule is [B]C1CC(OP)C(C)O1. The maximum absolute atomic E-state index is 5.48. The Morgan fingerprint density at radius 2 is 2.44 bits per heavy atom. The maximum atomic E-state index is 5.48. The van der Waals surface area contributed by atoms with Crippen molar-refractivity contribution >= 4 is 17.3 Å². The van der Waals surface area contributed by atoms with Gasteiger partial charge in [-0.15, -0.1) is 0 Å². The highest BCUT2D eigenvalue weighted by atomic mass is 31.0. The number of hydrogen-bond donors (Lipinski definition) is 0. The molecular weight excluding hydrogens is 134 g/mol. The van der Waals surface area contributed by atoms with Crippen molar-refractivity contribution in [2.24, 2.45) is 0 Å². The molecule has 4 atom stereocenters. The van der Waals surface area contributed by atoms with Crippen LogP contribution in [0.15, 0.2) is 0 Å². The Balaban J connectivity index is 2.38. The van der Waals surface area contributed by atoms with Gasteiger partial charge in [0, 0.05) is 15.5 Å². The zero-order valence-electron chi connectivity index (χ0n) is 5.41. The smallest absolute Gasteiger partial charge is 0.109 e. The lowest BCUT2D eigenvalue weighted by molar-refractivity contribution is 0.0622. The summed E-state index contributed by atoms with van der Waals surface area (Å²) in [5.74, 6) is 0. The topological polar surface area (TPSA) is 18.5 Å². The molecule has 0 spiro atoms. The molecule has 1 saturated heterocycles. The van der Waals surface area contributed by atoms with Gasteiger partial charge in [0.05, 0.1) is 12.2 Å². The predicted octanol–water partition coefficient (Wildman–Crippen LogP) is 0.465. The fourth-order valence-electron chi connectivity index (χ4n) is 1.01. The second-order valence-corrected chi connectivity index (χ2v) is 2.56. The Kier molecular flexibility index (Phi) is 2.51. The molecule has 1 aliphatic rings. The van der Waals surface area contributed by atoms with Crippen LogP contribution >= 0.6 is 9.47 Å². The molecule has 0 aromatic rings. The van der Waals surface area contributed by atoms with Crippen LogP contribution in [0.25, 0.3) is 0 Å². The quantitative estimate of drug-likeness (QED) is 0.393. The number of ether oxygens (including phenoxy) is 1. The first-order chi connectivity index (χ1) is 4.24. The molecular formula is C5H10BO2P. The van der Waals surface area contributed by atoms with Gasteiger partial charge in [0.1, 0.15) is 7.85 Å². The van der Waals surface area contributed by atoms with Gasteiger partial charge in [0.25, 0.3) is 0 Å². The molecule has 1 rings (SSSR count). The minimum atomic E-state index is -0.134. The molecule has 9 heavy (non-hydrogen) atoms. The number of rotatable bonds is 1. The third-order valence-corrected chi connectivity index (χ3v) is 1.90. The van der Waals surface area contributed by atoms with Gasteiger partial charge in [-0.3, -0.25) is 0 Å². The fraction of sp³-hybridized carbons (Fsp3) is 1.00. The van der Waals surface area contributed by atoms with E-state index in [1.165, 1.54) is 0 Å². The van der Waals surface area contributed by atoms with Crippen LogP contribution in [0.5, 0.6) is 0 Å². The monoisotopic (exact) mass is 144 g/mol. The molecule has 50 valence electrons. The van der Waals surface area contributed by atoms with Gasteiger partial charge in [-0.25, -0.2) is 0 Å². The summed E-state index contributed by atoms with van der Waals surface area (Å²) in [5.41, 5.74) is 0. The van der Waals surface area contributed by atoms with Crippen LogP contribution in [-0.4, -0.2) is 26.1 Å². The summed E-state index contributed by atoms with van der Waals surface area (Å²) >= 11 is 0. The summed E-state index contributed by atoms with van der Waals surface area (Å²) in [5, 5.41) is 0. The Morgan fingerprint density at radius 1 is 1.78 bits per heavy atom. The van der Waals surface area contributed by atoms with Gasteiger partial charge >= 0.3 is 0 Å². The lowest BCUT2D eigenvalue weighted by Gasteiger charge is -2.09. The van der Waals surface area contributed by atoms with Crippen molar-refractivity contribution in [2.45, 2.75) is 31.6 Å². The van der Waals surface area contributed by atoms with Gasteiger partial charge in [-0.2, -0.15) is 0 Å². The summed E-state index contributed by atoms with van der Waals surface area (Å²) in [6, 6.07) is -0.134. The van der Waals surface area contributed by atoms with Crippen LogP contribution in [0.2, 0.25) is 0 Å². The highest BCUT2D eigenvalue weighted by molar-refractivity contribution is 7.09. The van der Waals surface area contributed by atoms with Crippen molar-refractivity contribution in [3.05, 3.63) is 0 Å². The van der Waals surface area contributed by atoms with E-state index < -0.39 is 0 Å². The first-order valence-electron chi connectivity index (χ1n) is 3.00. The van der Waals surface area contributed by atoms with Crippen LogP contribution in [0.1, 0.15) is 13.3 Å². The minimum absolute atomic E-state index is 0.134. The first-order valence-corrected chi connectivity index (χ1v) is 3.47. The van der Waals surface area contributed by atoms with Crippen LogP contribution < -0.4 is 0 Å². The van der Waals surface area contributed by atoms with E-state index in [1.54, 1.807) is 0 Å². The van der Waals surface area contributed by atoms with Gasteiger partial charge in [0.15, 0.2) is 0 Å². The Bertz CT molecular complexity index is 101. The van der Waals surface area contributed by atoms with Gasteiger partial charge in [0.2, 0.25) is 0 Å². The summed E-state index contributed by atoms with van der Waals surface area (Å²) in [7, 11) is 7.71. The molecule has 2 nitrogen and oxygen atoms in total. The van der Waals surface area contributed by atoms with Gasteiger partial charge in [-0.05, 0) is 13.3 Å². The highest BCUT2D eigenvalue weighted by Gasteiger charge is 2.28. The largest absolute Gasteiger partial charge is 0.382 e. The molecule has 0 aromatic heterocycles. The third-order valence-electron chi connectivity index (χ3n) is 1.55. The lowest BCUT2D eigenvalue weighted by Crippen LogP contribution is -2.16. The number of hydrogen-bond acceptors (Lipinski definition) is 2. The van der Waals surface area contributed by atoms with E-state index >= 15 is 0 Å². The molecule has 0 amide bonds. The van der Waals surface area contributed by atoms with Gasteiger partial charge in [-0.1, -0.05) is 0 Å². The molecule has 1 heterocycles. The highest BCUT2D eigenvalue weighted by Crippen LogP contribution is 2.22. The molecule has 0 bridgehead atoms. The van der Waals surface area contributed by atoms with Crippen molar-refractivity contribution in [3.63, 3.8) is 0 Å². The second kappa shape index (κ2) is 3.00. The Labute approximate surface area is 59.0 Å². The summed E-state index contributed by atoms with van der Waals surface area (Å²) in [6.07, 6.45) is 1.09. The minimum Gasteiger partial charge on any atom is -0.382 e. The maximum Gasteiger partial charge on any atom is 0.109 e. The van der Waals surface area contributed by atoms with Crippen molar-refractivity contribution in [2.75, 3.05) is 0 Å². The predicted molar refractivity (Wildman–Crippen MR) is 39.3 cm³/mol. The zero-order valence-corrected chi connectivity index (χ0v) is 6.57. The van der Waals surface area contributed by atoms with Gasteiger partial charge < -0.3 is 9.26 Å². The third kappa shape index (κ3) is 1.67. The molecule has 0 aliphatic carbocycles. The van der Waals surface area contributed by atoms with E-state index in [4.69, 9.17) is 17.1 Å². The fourth-order valence-corrected chi connectivity index (χ4v) is 1.34. The van der Waals surface area contributed by atoms with E-state index in [2.05, 4.69) is 9.47 Å². The van der Waals surface area contributed by atoms with E-state index in [1.807, 2.05) is 6.92 Å². The molecule has 1 aliphatic heterocycles. The summed E-state index contributed by atoms with van der Waals surface area (Å²) in [6.45, 7) is 1.96. The van der Waals surface area contributed by atoms with E-state index in [0.29, 0.717) is 0 Å². The van der Waals surface area contributed by atoms with Crippen molar-refractivity contribution < 1.29 is 9.26 Å². The molecule has 0 N–H and O–H groups in total. The van der Waals surface area contributed by atoms with Crippen LogP contribution in [0.4, 0.5) is 0 Å². The van der Waals surface area contributed by atoms with Crippen LogP contribution in [-0.2, 0) is 9.26 Å². The lowest BCUT2D eigenvalue weighted by atomic mass is 9.96. The second-order valence-electron chi connectivity index (χ2n) is 2.29. The van der Waals surface area contributed by atoms with E-state index in [0.717, 1.165) is 6.42 Å². The normalized spacial score (nSPS) is 43.6. The molecule has 1 fully saturated rings. The Hall–Kier alpha value is 0.415. The Morgan fingerprint density at radius 3 is 2.67 bits per heavy atom. The average Bonchev–Trinajstić information content (AvgIpc) is 2.10. The van der Waals surface area contributed by atoms with Crippen molar-refractivity contribution in [1.29, 1.82) is 0 Å². The molecule has 0 saturated carbocycles. The van der Waals surface area contributed by atoms with E-state index in [-0.39, 0.29) is 18.2 Å². The average molecular weight is 144 g/mol. The molecule has 4 heteroatoms. The van der Waals surface area contributed by atoms with Crippen LogP contribution in [0, 0.1) is 0 Å². The molecule has 4 unspecified atom stereocenters. The summed E-state index contributed by atoms with van der Waals surface area (Å²) in [4.78, 5) is 0. The molecule has 0 aromatic carbocycles. The van der Waals surface area contributed by atoms with Crippen molar-refractivity contribution in [3.8, 4) is 0 Å². The molecule has 2 radical (unpaired) electrons.